The summed E-state index contributed by atoms with van der Waals surface area (Å²) in [6.07, 6.45) is 5.56. The molecular weight excluding hydrogens is 462 g/mol. The highest BCUT2D eigenvalue weighted by molar-refractivity contribution is 7.98. The van der Waals surface area contributed by atoms with Gasteiger partial charge in [0.15, 0.2) is 10.9 Å². The average Bonchev–Trinajstić information content (AvgIpc) is 3.25. The van der Waals surface area contributed by atoms with Crippen molar-refractivity contribution in [3.63, 3.8) is 0 Å². The Morgan fingerprint density at radius 3 is 2.57 bits per heavy atom. The molecule has 2 atom stereocenters. The number of thioether (sulfide) groups is 1. The second-order valence-corrected chi connectivity index (χ2v) is 9.54. The summed E-state index contributed by atoms with van der Waals surface area (Å²) < 4.78 is 11.8. The summed E-state index contributed by atoms with van der Waals surface area (Å²) in [5.74, 6) is 1.50. The fraction of sp³-hybridized carbons (Fsp3) is 0.308. The van der Waals surface area contributed by atoms with Crippen LogP contribution in [0.4, 0.5) is 5.82 Å². The molecule has 1 aliphatic heterocycles. The Balaban J connectivity index is 1.27. The van der Waals surface area contributed by atoms with Crippen molar-refractivity contribution < 1.29 is 13.9 Å². The molecule has 8 nitrogen and oxygen atoms in total. The fourth-order valence-electron chi connectivity index (χ4n) is 4.26. The molecule has 4 heterocycles. The Morgan fingerprint density at radius 1 is 1.06 bits per heavy atom. The molecule has 3 aromatic heterocycles. The molecule has 5 rings (SSSR count). The van der Waals surface area contributed by atoms with E-state index in [0.717, 1.165) is 35.4 Å². The third kappa shape index (κ3) is 5.47. The lowest BCUT2D eigenvalue weighted by molar-refractivity contribution is -0.00546. The van der Waals surface area contributed by atoms with E-state index in [9.17, 15) is 4.79 Å². The maximum absolute atomic E-state index is 13.1. The minimum absolute atomic E-state index is 0.170. The number of anilines is 1. The summed E-state index contributed by atoms with van der Waals surface area (Å²) in [6.45, 7) is 6.13. The highest BCUT2D eigenvalue weighted by atomic mass is 32.2. The molecule has 0 spiro atoms. The molecule has 1 aromatic carbocycles. The average molecular weight is 490 g/mol. The number of amides is 1. The number of carbonyl (C=O) groups is 1. The fourth-order valence-corrected chi connectivity index (χ4v) is 5.09. The predicted octanol–water partition coefficient (Wildman–Crippen LogP) is 4.45. The number of carbonyl (C=O) groups excluding carboxylic acids is 1. The molecule has 35 heavy (non-hydrogen) atoms. The summed E-state index contributed by atoms with van der Waals surface area (Å²) in [7, 11) is 0. The molecule has 1 aliphatic rings. The van der Waals surface area contributed by atoms with E-state index in [1.165, 1.54) is 11.8 Å². The second-order valence-electron chi connectivity index (χ2n) is 8.60. The van der Waals surface area contributed by atoms with Gasteiger partial charge in [-0.1, -0.05) is 36.0 Å². The first-order chi connectivity index (χ1) is 17.1. The number of nitrogens with zero attached hydrogens (tertiary/aromatic N) is 4. The molecule has 1 saturated heterocycles. The number of fused-ring (bicyclic) bond motifs is 1. The summed E-state index contributed by atoms with van der Waals surface area (Å²) in [5, 5.41) is 4.55. The van der Waals surface area contributed by atoms with E-state index < -0.39 is 0 Å². The van der Waals surface area contributed by atoms with Gasteiger partial charge >= 0.3 is 0 Å². The van der Waals surface area contributed by atoms with Crippen LogP contribution in [0, 0.1) is 0 Å². The van der Waals surface area contributed by atoms with Crippen LogP contribution in [-0.4, -0.2) is 46.2 Å². The molecule has 0 saturated carbocycles. The Labute approximate surface area is 208 Å². The molecule has 180 valence electrons. The molecular formula is C26H27N5O3S. The maximum atomic E-state index is 13.1. The zero-order chi connectivity index (χ0) is 24.2. The van der Waals surface area contributed by atoms with Gasteiger partial charge < -0.3 is 19.4 Å². The Bertz CT molecular complexity index is 1290. The van der Waals surface area contributed by atoms with Crippen molar-refractivity contribution in [2.75, 3.05) is 18.0 Å². The molecule has 1 N–H and O–H groups in total. The van der Waals surface area contributed by atoms with Gasteiger partial charge in [-0.3, -0.25) is 4.79 Å². The van der Waals surface area contributed by atoms with Gasteiger partial charge in [-0.15, -0.1) is 0 Å². The smallest absolute Gasteiger partial charge is 0.287 e. The molecule has 4 aromatic rings. The van der Waals surface area contributed by atoms with Crippen LogP contribution in [-0.2, 0) is 17.0 Å². The van der Waals surface area contributed by atoms with Gasteiger partial charge in [0.1, 0.15) is 11.4 Å². The third-order valence-corrected chi connectivity index (χ3v) is 6.70. The molecule has 0 radical (unpaired) electrons. The summed E-state index contributed by atoms with van der Waals surface area (Å²) in [4.78, 5) is 28.5. The van der Waals surface area contributed by atoms with E-state index in [1.807, 2.05) is 42.6 Å². The van der Waals surface area contributed by atoms with Crippen LogP contribution in [0.25, 0.3) is 11.0 Å². The minimum Gasteiger partial charge on any atom is -0.451 e. The minimum atomic E-state index is -0.259. The Morgan fingerprint density at radius 2 is 1.83 bits per heavy atom. The van der Waals surface area contributed by atoms with Crippen LogP contribution in [0.3, 0.4) is 0 Å². The van der Waals surface area contributed by atoms with Crippen molar-refractivity contribution in [3.8, 4) is 0 Å². The van der Waals surface area contributed by atoms with E-state index in [2.05, 4.69) is 39.0 Å². The summed E-state index contributed by atoms with van der Waals surface area (Å²) >= 11 is 1.47. The number of rotatable bonds is 7. The van der Waals surface area contributed by atoms with Crippen molar-refractivity contribution in [3.05, 3.63) is 77.9 Å². The molecule has 1 amide bonds. The number of furan rings is 1. The van der Waals surface area contributed by atoms with E-state index in [4.69, 9.17) is 9.15 Å². The first-order valence-electron chi connectivity index (χ1n) is 11.6. The van der Waals surface area contributed by atoms with Crippen molar-refractivity contribution in [2.45, 2.75) is 43.5 Å². The largest absolute Gasteiger partial charge is 0.451 e. The second kappa shape index (κ2) is 10.5. The maximum Gasteiger partial charge on any atom is 0.287 e. The molecule has 1 fully saturated rings. The summed E-state index contributed by atoms with van der Waals surface area (Å²) in [6, 6.07) is 13.4. The molecule has 2 unspecified atom stereocenters. The Hall–Kier alpha value is -3.43. The third-order valence-electron chi connectivity index (χ3n) is 5.80. The first kappa shape index (κ1) is 23.3. The highest BCUT2D eigenvalue weighted by Crippen LogP contribution is 2.31. The lowest BCUT2D eigenvalue weighted by Crippen LogP contribution is -2.45. The van der Waals surface area contributed by atoms with Gasteiger partial charge in [-0.05, 0) is 37.6 Å². The zero-order valence-corrected chi connectivity index (χ0v) is 20.5. The van der Waals surface area contributed by atoms with Gasteiger partial charge in [0, 0.05) is 54.9 Å². The van der Waals surface area contributed by atoms with Crippen molar-refractivity contribution in [2.24, 2.45) is 0 Å². The highest BCUT2D eigenvalue weighted by Gasteiger charge is 2.23. The number of para-hydroxylation sites is 1. The molecule has 9 heteroatoms. The summed E-state index contributed by atoms with van der Waals surface area (Å²) in [5.41, 5.74) is 2.43. The van der Waals surface area contributed by atoms with Crippen LogP contribution in [0.5, 0.6) is 0 Å². The first-order valence-corrected chi connectivity index (χ1v) is 12.6. The van der Waals surface area contributed by atoms with Gasteiger partial charge in [0.25, 0.3) is 5.91 Å². The van der Waals surface area contributed by atoms with Crippen LogP contribution >= 0.6 is 11.8 Å². The van der Waals surface area contributed by atoms with Gasteiger partial charge in [-0.25, -0.2) is 15.0 Å². The SMILES string of the molecule is CC1CN(c2ccc(CNC(=O)c3oc4ccccc4c3CSc3ncccn3)cn2)CC(C)O1. The van der Waals surface area contributed by atoms with E-state index in [0.29, 0.717) is 28.8 Å². The van der Waals surface area contributed by atoms with Crippen LogP contribution in [0.1, 0.15) is 35.5 Å². The molecule has 0 aliphatic carbocycles. The monoisotopic (exact) mass is 489 g/mol. The normalized spacial score (nSPS) is 18.1. The number of aromatic nitrogens is 3. The van der Waals surface area contributed by atoms with E-state index in [-0.39, 0.29) is 18.1 Å². The quantitative estimate of drug-likeness (QED) is 0.301. The topological polar surface area (TPSA) is 93.4 Å². The van der Waals surface area contributed by atoms with E-state index in [1.54, 1.807) is 18.5 Å². The van der Waals surface area contributed by atoms with Crippen LogP contribution in [0.15, 0.2) is 70.6 Å². The van der Waals surface area contributed by atoms with Gasteiger partial charge in [0.05, 0.1) is 12.2 Å². The number of hydrogen-bond donors (Lipinski definition) is 1. The lowest BCUT2D eigenvalue weighted by Gasteiger charge is -2.36. The van der Waals surface area contributed by atoms with Crippen molar-refractivity contribution in [1.82, 2.24) is 20.3 Å². The lowest BCUT2D eigenvalue weighted by atomic mass is 10.1. The number of hydrogen-bond acceptors (Lipinski definition) is 8. The zero-order valence-electron chi connectivity index (χ0n) is 19.7. The van der Waals surface area contributed by atoms with Crippen molar-refractivity contribution >= 4 is 34.5 Å². The molecule has 0 bridgehead atoms. The standard InChI is InChI=1S/C26H27N5O3S/c1-17-14-31(15-18(2)33-17)23-9-8-19(12-29-23)13-30-25(32)24-21(16-35-26-27-10-5-11-28-26)20-6-3-4-7-22(20)34-24/h3-12,17-18H,13-16H2,1-2H3,(H,30,32). The number of ether oxygens (including phenoxy) is 1. The number of morpholine rings is 1. The van der Waals surface area contributed by atoms with Crippen LogP contribution < -0.4 is 10.2 Å². The van der Waals surface area contributed by atoms with Crippen LogP contribution in [0.2, 0.25) is 0 Å². The number of pyridine rings is 1. The van der Waals surface area contributed by atoms with Gasteiger partial charge in [-0.2, -0.15) is 0 Å². The van der Waals surface area contributed by atoms with E-state index >= 15 is 0 Å². The number of nitrogens with one attached hydrogen (secondary N) is 1. The van der Waals surface area contributed by atoms with Crippen molar-refractivity contribution in [1.29, 1.82) is 0 Å². The Kier molecular flexibility index (Phi) is 6.96. The predicted molar refractivity (Wildman–Crippen MR) is 135 cm³/mol. The van der Waals surface area contributed by atoms with Gasteiger partial charge in [0.2, 0.25) is 0 Å². The number of benzene rings is 1.